The predicted octanol–water partition coefficient (Wildman–Crippen LogP) is 3.68. The molecule has 1 aliphatic carbocycles. The van der Waals surface area contributed by atoms with Gasteiger partial charge in [0.25, 0.3) is 5.69 Å². The maximum absolute atomic E-state index is 11.0. The predicted molar refractivity (Wildman–Crippen MR) is 80.8 cm³/mol. The number of benzene rings is 1. The van der Waals surface area contributed by atoms with E-state index in [1.807, 2.05) is 13.0 Å². The summed E-state index contributed by atoms with van der Waals surface area (Å²) in [5.74, 6) is 0.972. The molecule has 5 nitrogen and oxygen atoms in total. The minimum absolute atomic E-state index is 0.0409. The summed E-state index contributed by atoms with van der Waals surface area (Å²) in [6.07, 6.45) is 4.44. The first-order chi connectivity index (χ1) is 10.1. The van der Waals surface area contributed by atoms with E-state index in [4.69, 9.17) is 11.6 Å². The molecule has 1 heterocycles. The van der Waals surface area contributed by atoms with Crippen LogP contribution in [0.1, 0.15) is 35.6 Å². The standard InChI is InChI=1S/C15H16ClN3O2/c1-10-17-13-4-2-3-5-14(13)18(10)9-11-6-7-12(16)15(8-11)19(20)21/h6-8H,2-5,9H2,1H3. The van der Waals surface area contributed by atoms with Gasteiger partial charge in [0.05, 0.1) is 10.6 Å². The van der Waals surface area contributed by atoms with E-state index in [1.54, 1.807) is 12.1 Å². The first kappa shape index (κ1) is 14.1. The quantitative estimate of drug-likeness (QED) is 0.642. The van der Waals surface area contributed by atoms with Crippen LogP contribution in [-0.4, -0.2) is 14.5 Å². The lowest BCUT2D eigenvalue weighted by Gasteiger charge is -2.15. The molecule has 1 aliphatic rings. The maximum atomic E-state index is 11.0. The molecule has 21 heavy (non-hydrogen) atoms. The first-order valence-electron chi connectivity index (χ1n) is 7.04. The molecular formula is C15H16ClN3O2. The number of rotatable bonds is 3. The van der Waals surface area contributed by atoms with Crippen molar-refractivity contribution in [2.45, 2.75) is 39.2 Å². The Morgan fingerprint density at radius 3 is 2.90 bits per heavy atom. The van der Waals surface area contributed by atoms with Gasteiger partial charge in [0.2, 0.25) is 0 Å². The number of halogens is 1. The Kier molecular flexibility index (Phi) is 3.68. The Morgan fingerprint density at radius 2 is 2.14 bits per heavy atom. The van der Waals surface area contributed by atoms with Crippen molar-refractivity contribution in [1.82, 2.24) is 9.55 Å². The number of nitrogens with zero attached hydrogens (tertiary/aromatic N) is 3. The van der Waals surface area contributed by atoms with E-state index in [9.17, 15) is 10.1 Å². The zero-order valence-electron chi connectivity index (χ0n) is 11.8. The van der Waals surface area contributed by atoms with Crippen molar-refractivity contribution in [3.05, 3.63) is 56.1 Å². The van der Waals surface area contributed by atoms with Crippen LogP contribution >= 0.6 is 11.6 Å². The highest BCUT2D eigenvalue weighted by Crippen LogP contribution is 2.27. The summed E-state index contributed by atoms with van der Waals surface area (Å²) in [5.41, 5.74) is 3.29. The molecule has 110 valence electrons. The molecule has 0 saturated heterocycles. The van der Waals surface area contributed by atoms with Crippen molar-refractivity contribution < 1.29 is 4.92 Å². The van der Waals surface area contributed by atoms with Gasteiger partial charge in [-0.15, -0.1) is 0 Å². The van der Waals surface area contributed by atoms with Crippen molar-refractivity contribution in [3.63, 3.8) is 0 Å². The van der Waals surface area contributed by atoms with Crippen LogP contribution < -0.4 is 0 Å². The fourth-order valence-electron chi connectivity index (χ4n) is 2.92. The number of nitro benzene ring substituents is 1. The monoisotopic (exact) mass is 305 g/mol. The van der Waals surface area contributed by atoms with Gasteiger partial charge in [-0.2, -0.15) is 0 Å². The fourth-order valence-corrected chi connectivity index (χ4v) is 3.11. The van der Waals surface area contributed by atoms with Crippen LogP contribution in [-0.2, 0) is 19.4 Å². The van der Waals surface area contributed by atoms with Gasteiger partial charge >= 0.3 is 0 Å². The molecule has 0 radical (unpaired) electrons. The number of aryl methyl sites for hydroxylation is 2. The minimum Gasteiger partial charge on any atom is -0.328 e. The van der Waals surface area contributed by atoms with Crippen LogP contribution in [0.2, 0.25) is 5.02 Å². The molecule has 0 N–H and O–H groups in total. The van der Waals surface area contributed by atoms with E-state index in [-0.39, 0.29) is 10.7 Å². The number of imidazole rings is 1. The van der Waals surface area contributed by atoms with Crippen molar-refractivity contribution in [1.29, 1.82) is 0 Å². The molecule has 2 aromatic rings. The number of hydrogen-bond donors (Lipinski definition) is 0. The normalized spacial score (nSPS) is 14.0. The number of aromatic nitrogens is 2. The Bertz CT molecular complexity index is 709. The van der Waals surface area contributed by atoms with E-state index in [0.29, 0.717) is 6.54 Å². The van der Waals surface area contributed by atoms with Gasteiger partial charge in [-0.1, -0.05) is 17.7 Å². The summed E-state index contributed by atoms with van der Waals surface area (Å²) in [6.45, 7) is 2.59. The summed E-state index contributed by atoms with van der Waals surface area (Å²) in [5, 5.41) is 11.2. The molecule has 0 saturated carbocycles. The maximum Gasteiger partial charge on any atom is 0.288 e. The Balaban J connectivity index is 1.96. The SMILES string of the molecule is Cc1nc2c(n1Cc1ccc(Cl)c([N+](=O)[O-])c1)CCCC2. The molecule has 1 aromatic heterocycles. The van der Waals surface area contributed by atoms with Gasteiger partial charge in [-0.3, -0.25) is 10.1 Å². The molecule has 0 amide bonds. The van der Waals surface area contributed by atoms with E-state index in [0.717, 1.165) is 24.2 Å². The van der Waals surface area contributed by atoms with Crippen LogP contribution in [0.5, 0.6) is 0 Å². The summed E-state index contributed by atoms with van der Waals surface area (Å²) < 4.78 is 2.17. The molecule has 0 atom stereocenters. The van der Waals surface area contributed by atoms with E-state index in [2.05, 4.69) is 9.55 Å². The zero-order chi connectivity index (χ0) is 15.0. The van der Waals surface area contributed by atoms with Crippen LogP contribution in [0.4, 0.5) is 5.69 Å². The zero-order valence-corrected chi connectivity index (χ0v) is 12.6. The highest BCUT2D eigenvalue weighted by atomic mass is 35.5. The number of hydrogen-bond acceptors (Lipinski definition) is 3. The highest BCUT2D eigenvalue weighted by Gasteiger charge is 2.19. The topological polar surface area (TPSA) is 61.0 Å². The number of fused-ring (bicyclic) bond motifs is 1. The average molecular weight is 306 g/mol. The molecule has 0 unspecified atom stereocenters. The second-order valence-electron chi connectivity index (χ2n) is 5.39. The third-order valence-corrected chi connectivity index (χ3v) is 4.29. The van der Waals surface area contributed by atoms with Gasteiger partial charge in [0.15, 0.2) is 0 Å². The Labute approximate surface area is 127 Å². The molecule has 6 heteroatoms. The largest absolute Gasteiger partial charge is 0.328 e. The van der Waals surface area contributed by atoms with Gasteiger partial charge in [0, 0.05) is 18.3 Å². The second-order valence-corrected chi connectivity index (χ2v) is 5.80. The molecule has 0 bridgehead atoms. The van der Waals surface area contributed by atoms with Crippen molar-refractivity contribution in [2.24, 2.45) is 0 Å². The van der Waals surface area contributed by atoms with Crippen LogP contribution in [0, 0.1) is 17.0 Å². The van der Waals surface area contributed by atoms with Crippen molar-refractivity contribution in [3.8, 4) is 0 Å². The molecule has 0 spiro atoms. The lowest BCUT2D eigenvalue weighted by molar-refractivity contribution is -0.384. The molecule has 0 fully saturated rings. The van der Waals surface area contributed by atoms with Gasteiger partial charge in [-0.05, 0) is 44.2 Å². The third kappa shape index (κ3) is 2.65. The van der Waals surface area contributed by atoms with E-state index < -0.39 is 4.92 Å². The number of nitro groups is 1. The van der Waals surface area contributed by atoms with Gasteiger partial charge in [0.1, 0.15) is 10.8 Å². The molecule has 3 rings (SSSR count). The summed E-state index contributed by atoms with van der Waals surface area (Å²) in [6, 6.07) is 4.98. The van der Waals surface area contributed by atoms with Gasteiger partial charge in [-0.25, -0.2) is 4.98 Å². The van der Waals surface area contributed by atoms with Crippen molar-refractivity contribution >= 4 is 17.3 Å². The summed E-state index contributed by atoms with van der Waals surface area (Å²) in [4.78, 5) is 15.2. The lowest BCUT2D eigenvalue weighted by Crippen LogP contribution is -2.10. The van der Waals surface area contributed by atoms with Crippen molar-refractivity contribution in [2.75, 3.05) is 0 Å². The lowest BCUT2D eigenvalue weighted by atomic mass is 10.0. The second kappa shape index (κ2) is 5.48. The first-order valence-corrected chi connectivity index (χ1v) is 7.42. The Morgan fingerprint density at radius 1 is 1.38 bits per heavy atom. The molecular weight excluding hydrogens is 290 g/mol. The molecule has 1 aromatic carbocycles. The minimum atomic E-state index is -0.442. The van der Waals surface area contributed by atoms with Crippen LogP contribution in [0.25, 0.3) is 0 Å². The van der Waals surface area contributed by atoms with E-state index >= 15 is 0 Å². The smallest absolute Gasteiger partial charge is 0.288 e. The van der Waals surface area contributed by atoms with Crippen LogP contribution in [0.15, 0.2) is 18.2 Å². The van der Waals surface area contributed by atoms with E-state index in [1.165, 1.54) is 24.2 Å². The summed E-state index contributed by atoms with van der Waals surface area (Å²) >= 11 is 5.86. The highest BCUT2D eigenvalue weighted by molar-refractivity contribution is 6.32. The summed E-state index contributed by atoms with van der Waals surface area (Å²) in [7, 11) is 0. The average Bonchev–Trinajstić information content (AvgIpc) is 2.77. The third-order valence-electron chi connectivity index (χ3n) is 3.97. The Hall–Kier alpha value is -1.88. The van der Waals surface area contributed by atoms with Crippen LogP contribution in [0.3, 0.4) is 0 Å². The molecule has 0 aliphatic heterocycles. The van der Waals surface area contributed by atoms with Gasteiger partial charge < -0.3 is 4.57 Å². The fraction of sp³-hybridized carbons (Fsp3) is 0.400.